The summed E-state index contributed by atoms with van der Waals surface area (Å²) in [5, 5.41) is 7.78. The zero-order valence-electron chi connectivity index (χ0n) is 15.5. The predicted octanol–water partition coefficient (Wildman–Crippen LogP) is 4.48. The molecule has 0 atom stereocenters. The van der Waals surface area contributed by atoms with Gasteiger partial charge in [-0.3, -0.25) is 9.48 Å². The molecular formula is C19H14Cl2F2N6O. The van der Waals surface area contributed by atoms with Crippen LogP contribution in [0.1, 0.15) is 27.4 Å². The minimum atomic E-state index is -3.66. The fraction of sp³-hybridized carbons (Fsp3) is 0.158. The third-order valence-electron chi connectivity index (χ3n) is 4.22. The van der Waals surface area contributed by atoms with Crippen LogP contribution in [0, 0.1) is 6.92 Å². The minimum absolute atomic E-state index is 0.0868. The Bertz CT molecular complexity index is 1230. The molecule has 11 heteroatoms. The number of aromatic nitrogens is 5. The first-order valence-electron chi connectivity index (χ1n) is 8.73. The molecule has 0 aliphatic carbocycles. The number of aryl methyl sites for hydroxylation is 1. The molecule has 3 aromatic heterocycles. The fourth-order valence-electron chi connectivity index (χ4n) is 2.89. The standard InChI is InChI=1S/C19H14Cl2F2N6O/c1-11-8-15(19(21,22)23)29-17(24-11)9-14(26-29)18(30)25-16-6-7-28(27-16)10-12-2-4-13(20)5-3-12/h2-9H,10H2,1H3,(H,25,27,30). The summed E-state index contributed by atoms with van der Waals surface area (Å²) in [7, 11) is 0. The van der Waals surface area contributed by atoms with E-state index in [4.69, 9.17) is 23.2 Å². The van der Waals surface area contributed by atoms with Crippen LogP contribution in [0.3, 0.4) is 0 Å². The number of nitrogens with one attached hydrogen (secondary N) is 1. The van der Waals surface area contributed by atoms with Crippen LogP contribution in [-0.2, 0) is 11.9 Å². The lowest BCUT2D eigenvalue weighted by molar-refractivity contribution is 0.0868. The van der Waals surface area contributed by atoms with Crippen molar-refractivity contribution in [3.8, 4) is 0 Å². The molecule has 3 heterocycles. The van der Waals surface area contributed by atoms with Gasteiger partial charge in [0.05, 0.1) is 6.54 Å². The second-order valence-electron chi connectivity index (χ2n) is 6.56. The summed E-state index contributed by atoms with van der Waals surface area (Å²) in [6.45, 7) is 2.03. The number of nitrogens with zero attached hydrogens (tertiary/aromatic N) is 5. The molecule has 0 saturated carbocycles. The number of halogens is 4. The Morgan fingerprint density at radius 1 is 1.17 bits per heavy atom. The van der Waals surface area contributed by atoms with Gasteiger partial charge in [0.25, 0.3) is 5.91 Å². The van der Waals surface area contributed by atoms with Gasteiger partial charge >= 0.3 is 5.38 Å². The van der Waals surface area contributed by atoms with E-state index in [0.717, 1.165) is 16.1 Å². The summed E-state index contributed by atoms with van der Waals surface area (Å²) < 4.78 is 29.9. The van der Waals surface area contributed by atoms with Crippen molar-refractivity contribution in [3.63, 3.8) is 0 Å². The van der Waals surface area contributed by atoms with Gasteiger partial charge in [-0.15, -0.1) is 0 Å². The highest BCUT2D eigenvalue weighted by Gasteiger charge is 2.32. The molecule has 0 aliphatic heterocycles. The molecule has 0 unspecified atom stereocenters. The Hall–Kier alpha value is -3.04. The molecular weight excluding hydrogens is 437 g/mol. The van der Waals surface area contributed by atoms with E-state index in [0.29, 0.717) is 17.3 Å². The molecule has 1 N–H and O–H groups in total. The highest BCUT2D eigenvalue weighted by molar-refractivity contribution is 6.30. The van der Waals surface area contributed by atoms with Crippen molar-refractivity contribution in [1.82, 2.24) is 24.4 Å². The third kappa shape index (κ3) is 4.27. The van der Waals surface area contributed by atoms with Gasteiger partial charge in [-0.2, -0.15) is 19.0 Å². The van der Waals surface area contributed by atoms with Gasteiger partial charge in [-0.25, -0.2) is 9.50 Å². The molecule has 0 radical (unpaired) electrons. The quantitative estimate of drug-likeness (QED) is 0.454. The summed E-state index contributed by atoms with van der Waals surface area (Å²) >= 11 is 11.0. The van der Waals surface area contributed by atoms with E-state index < -0.39 is 17.0 Å². The van der Waals surface area contributed by atoms with Crippen LogP contribution in [0.2, 0.25) is 5.02 Å². The van der Waals surface area contributed by atoms with Crippen molar-refractivity contribution in [1.29, 1.82) is 0 Å². The first-order chi connectivity index (χ1) is 14.2. The number of carbonyl (C=O) groups is 1. The molecule has 4 rings (SSSR count). The van der Waals surface area contributed by atoms with Crippen LogP contribution in [0.15, 0.2) is 48.7 Å². The van der Waals surface area contributed by atoms with Crippen molar-refractivity contribution >= 4 is 40.6 Å². The van der Waals surface area contributed by atoms with E-state index in [1.807, 2.05) is 12.1 Å². The fourth-order valence-corrected chi connectivity index (χ4v) is 3.15. The van der Waals surface area contributed by atoms with Gasteiger partial charge in [0, 0.05) is 29.0 Å². The van der Waals surface area contributed by atoms with Crippen molar-refractivity contribution < 1.29 is 13.6 Å². The van der Waals surface area contributed by atoms with E-state index in [9.17, 15) is 13.6 Å². The van der Waals surface area contributed by atoms with E-state index in [-0.39, 0.29) is 17.2 Å². The number of hydrogen-bond acceptors (Lipinski definition) is 4. The Labute approximate surface area is 179 Å². The zero-order chi connectivity index (χ0) is 21.5. The summed E-state index contributed by atoms with van der Waals surface area (Å²) in [4.78, 5) is 16.7. The van der Waals surface area contributed by atoms with Gasteiger partial charge in [-0.1, -0.05) is 23.7 Å². The lowest BCUT2D eigenvalue weighted by Gasteiger charge is -2.10. The van der Waals surface area contributed by atoms with Crippen molar-refractivity contribution in [2.75, 3.05) is 5.32 Å². The monoisotopic (exact) mass is 450 g/mol. The second-order valence-corrected chi connectivity index (χ2v) is 7.47. The molecule has 30 heavy (non-hydrogen) atoms. The molecule has 0 aliphatic rings. The molecule has 0 spiro atoms. The Kier molecular flexibility index (Phi) is 5.17. The minimum Gasteiger partial charge on any atom is -0.304 e. The number of anilines is 1. The van der Waals surface area contributed by atoms with Gasteiger partial charge in [0.2, 0.25) is 0 Å². The molecule has 154 valence electrons. The number of rotatable bonds is 5. The highest BCUT2D eigenvalue weighted by Crippen LogP contribution is 2.32. The van der Waals surface area contributed by atoms with E-state index in [1.165, 1.54) is 6.07 Å². The first-order valence-corrected chi connectivity index (χ1v) is 9.48. The summed E-state index contributed by atoms with van der Waals surface area (Å²) in [5.74, 6) is -0.322. The van der Waals surface area contributed by atoms with Crippen LogP contribution in [0.4, 0.5) is 14.6 Å². The molecule has 1 amide bonds. The van der Waals surface area contributed by atoms with Crippen LogP contribution >= 0.6 is 23.2 Å². The van der Waals surface area contributed by atoms with Gasteiger partial charge in [-0.05, 0) is 42.3 Å². The normalized spacial score (nSPS) is 11.8. The molecule has 4 aromatic rings. The number of alkyl halides is 3. The molecule has 0 bridgehead atoms. The summed E-state index contributed by atoms with van der Waals surface area (Å²) in [6, 6.07) is 11.3. The zero-order valence-corrected chi connectivity index (χ0v) is 17.0. The van der Waals surface area contributed by atoms with Crippen molar-refractivity contribution in [3.05, 3.63) is 76.3 Å². The average Bonchev–Trinajstić information content (AvgIpc) is 3.28. The Morgan fingerprint density at radius 3 is 2.60 bits per heavy atom. The van der Waals surface area contributed by atoms with E-state index in [1.54, 1.807) is 36.0 Å². The number of hydrogen-bond donors (Lipinski definition) is 1. The number of amides is 1. The highest BCUT2D eigenvalue weighted by atomic mass is 35.5. The lowest BCUT2D eigenvalue weighted by Crippen LogP contribution is -2.15. The number of carbonyl (C=O) groups excluding carboxylic acids is 1. The summed E-state index contributed by atoms with van der Waals surface area (Å²) in [5.41, 5.74) is 0.728. The van der Waals surface area contributed by atoms with Crippen LogP contribution in [0.5, 0.6) is 0 Å². The van der Waals surface area contributed by atoms with E-state index in [2.05, 4.69) is 20.5 Å². The Balaban J connectivity index is 1.54. The third-order valence-corrected chi connectivity index (χ3v) is 4.66. The largest absolute Gasteiger partial charge is 0.364 e. The summed E-state index contributed by atoms with van der Waals surface area (Å²) in [6.07, 6.45) is 1.70. The molecule has 0 saturated heterocycles. The number of benzene rings is 1. The second kappa shape index (κ2) is 7.66. The van der Waals surface area contributed by atoms with Gasteiger partial charge < -0.3 is 5.32 Å². The SMILES string of the molecule is Cc1cc(C(F)(F)Cl)n2nc(C(=O)Nc3ccn(Cc4ccc(Cl)cc4)n3)cc2n1. The molecule has 0 fully saturated rings. The van der Waals surface area contributed by atoms with Crippen LogP contribution in [0.25, 0.3) is 5.65 Å². The number of fused-ring (bicyclic) bond motifs is 1. The molecule has 7 nitrogen and oxygen atoms in total. The maximum atomic E-state index is 13.7. The average molecular weight is 451 g/mol. The van der Waals surface area contributed by atoms with Crippen molar-refractivity contribution in [2.24, 2.45) is 0 Å². The maximum Gasteiger partial charge on any atom is 0.364 e. The van der Waals surface area contributed by atoms with Gasteiger partial charge in [0.15, 0.2) is 17.2 Å². The van der Waals surface area contributed by atoms with Crippen LogP contribution in [-0.4, -0.2) is 30.3 Å². The van der Waals surface area contributed by atoms with Crippen LogP contribution < -0.4 is 5.32 Å². The van der Waals surface area contributed by atoms with Crippen molar-refractivity contribution in [2.45, 2.75) is 18.9 Å². The predicted molar refractivity (Wildman–Crippen MR) is 108 cm³/mol. The van der Waals surface area contributed by atoms with E-state index >= 15 is 0 Å². The first kappa shape index (κ1) is 20.2. The smallest absolute Gasteiger partial charge is 0.304 e. The Morgan fingerprint density at radius 2 is 1.90 bits per heavy atom. The maximum absolute atomic E-state index is 13.7. The lowest BCUT2D eigenvalue weighted by atomic mass is 10.2. The van der Waals surface area contributed by atoms with Gasteiger partial charge in [0.1, 0.15) is 5.69 Å². The molecule has 1 aromatic carbocycles. The topological polar surface area (TPSA) is 77.1 Å².